The van der Waals surface area contributed by atoms with Crippen LogP contribution in [0.5, 0.6) is 0 Å². The molecule has 0 bridgehead atoms. The van der Waals surface area contributed by atoms with Gasteiger partial charge in [0.1, 0.15) is 4.92 Å². The van der Waals surface area contributed by atoms with E-state index >= 15 is 0 Å². The van der Waals surface area contributed by atoms with Crippen LogP contribution in [0.3, 0.4) is 0 Å². The van der Waals surface area contributed by atoms with Crippen molar-refractivity contribution in [2.24, 2.45) is 0 Å². The number of nitrogens with zero attached hydrogens (tertiary/aromatic N) is 1. The Balaban J connectivity index is 2.10. The average molecular weight is 314 g/mol. The lowest BCUT2D eigenvalue weighted by atomic mass is 10.1. The molecule has 116 valence electrons. The summed E-state index contributed by atoms with van der Waals surface area (Å²) in [5.74, 6) is -1.82. The largest absolute Gasteiger partial charge is 0.433 e. The first-order valence-corrected chi connectivity index (χ1v) is 5.96. The van der Waals surface area contributed by atoms with Crippen LogP contribution in [0.1, 0.15) is 21.7 Å². The normalized spacial score (nSPS) is 11.2. The number of hydrogen-bond donors (Lipinski definition) is 1. The maximum atomic E-state index is 12.8. The van der Waals surface area contributed by atoms with Gasteiger partial charge < -0.3 is 9.73 Å². The van der Waals surface area contributed by atoms with Gasteiger partial charge in [-0.3, -0.25) is 14.9 Å². The molecule has 0 fully saturated rings. The summed E-state index contributed by atoms with van der Waals surface area (Å²) in [5.41, 5.74) is -0.981. The lowest BCUT2D eigenvalue weighted by Crippen LogP contribution is -2.24. The molecule has 6 nitrogen and oxygen atoms in total. The highest BCUT2D eigenvalue weighted by molar-refractivity contribution is 5.91. The minimum atomic E-state index is -4.54. The van der Waals surface area contributed by atoms with Crippen molar-refractivity contribution in [3.8, 4) is 0 Å². The van der Waals surface area contributed by atoms with Crippen molar-refractivity contribution < 1.29 is 27.3 Å². The molecule has 0 aliphatic heterocycles. The zero-order valence-electron chi connectivity index (χ0n) is 10.9. The van der Waals surface area contributed by atoms with Gasteiger partial charge in [-0.15, -0.1) is 0 Å². The Morgan fingerprint density at radius 3 is 2.50 bits per heavy atom. The minimum absolute atomic E-state index is 0.121. The Bertz CT molecular complexity index is 709. The number of rotatable bonds is 4. The first kappa shape index (κ1) is 15.5. The monoisotopic (exact) mass is 314 g/mol. The quantitative estimate of drug-likeness (QED) is 0.694. The Kier molecular flexibility index (Phi) is 4.15. The van der Waals surface area contributed by atoms with Gasteiger partial charge >= 0.3 is 12.1 Å². The molecule has 0 saturated heterocycles. The van der Waals surface area contributed by atoms with Gasteiger partial charge in [-0.1, -0.05) is 18.2 Å². The third-order valence-electron chi connectivity index (χ3n) is 2.76. The predicted octanol–water partition coefficient (Wildman–Crippen LogP) is 3.14. The van der Waals surface area contributed by atoms with Crippen LogP contribution in [-0.2, 0) is 12.7 Å². The van der Waals surface area contributed by atoms with Crippen molar-refractivity contribution in [1.82, 2.24) is 5.32 Å². The van der Waals surface area contributed by atoms with E-state index in [2.05, 4.69) is 9.73 Å². The highest BCUT2D eigenvalue weighted by Gasteiger charge is 2.32. The van der Waals surface area contributed by atoms with Gasteiger partial charge in [-0.05, 0) is 17.7 Å². The average Bonchev–Trinajstić information content (AvgIpc) is 2.94. The fourth-order valence-corrected chi connectivity index (χ4v) is 1.76. The van der Waals surface area contributed by atoms with Crippen LogP contribution in [0.25, 0.3) is 0 Å². The van der Waals surface area contributed by atoms with Crippen LogP contribution in [-0.4, -0.2) is 10.8 Å². The van der Waals surface area contributed by atoms with E-state index in [1.807, 2.05) is 0 Å². The van der Waals surface area contributed by atoms with Gasteiger partial charge in [0, 0.05) is 6.54 Å². The summed E-state index contributed by atoms with van der Waals surface area (Å²) >= 11 is 0. The van der Waals surface area contributed by atoms with Crippen molar-refractivity contribution in [3.63, 3.8) is 0 Å². The highest BCUT2D eigenvalue weighted by Crippen LogP contribution is 2.31. The molecule has 1 aromatic carbocycles. The van der Waals surface area contributed by atoms with Crippen molar-refractivity contribution in [2.45, 2.75) is 12.7 Å². The second kappa shape index (κ2) is 5.88. The van der Waals surface area contributed by atoms with E-state index < -0.39 is 28.5 Å². The van der Waals surface area contributed by atoms with Crippen LogP contribution in [0, 0.1) is 10.1 Å². The lowest BCUT2D eigenvalue weighted by molar-refractivity contribution is -0.402. The molecule has 1 N–H and O–H groups in total. The lowest BCUT2D eigenvalue weighted by Gasteiger charge is -2.12. The van der Waals surface area contributed by atoms with Crippen molar-refractivity contribution in [3.05, 3.63) is 63.4 Å². The van der Waals surface area contributed by atoms with E-state index in [4.69, 9.17) is 0 Å². The number of furan rings is 1. The molecule has 0 atom stereocenters. The number of nitrogens with one attached hydrogen (secondary N) is 1. The molecule has 0 spiro atoms. The second-order valence-corrected chi connectivity index (χ2v) is 4.23. The number of hydrogen-bond acceptors (Lipinski definition) is 4. The number of alkyl halides is 3. The summed E-state index contributed by atoms with van der Waals surface area (Å²) in [4.78, 5) is 21.3. The number of carbonyl (C=O) groups excluding carboxylic acids is 1. The van der Waals surface area contributed by atoms with Crippen LogP contribution >= 0.6 is 0 Å². The Labute approximate surface area is 121 Å². The molecule has 2 rings (SSSR count). The number of benzene rings is 1. The number of carbonyl (C=O) groups is 1. The fraction of sp³-hybridized carbons (Fsp3) is 0.154. The highest BCUT2D eigenvalue weighted by atomic mass is 19.4. The van der Waals surface area contributed by atoms with Crippen molar-refractivity contribution in [2.75, 3.05) is 0 Å². The molecule has 1 amide bonds. The molecule has 9 heteroatoms. The summed E-state index contributed by atoms with van der Waals surface area (Å²) in [6.07, 6.45) is -4.54. The van der Waals surface area contributed by atoms with Gasteiger partial charge in [0.05, 0.1) is 11.6 Å². The summed E-state index contributed by atoms with van der Waals surface area (Å²) in [6, 6.07) is 6.84. The molecule has 0 saturated carbocycles. The predicted molar refractivity (Wildman–Crippen MR) is 68.0 cm³/mol. The topological polar surface area (TPSA) is 85.4 Å². The smallest absolute Gasteiger partial charge is 0.395 e. The molecular formula is C13H9F3N2O4. The maximum Gasteiger partial charge on any atom is 0.433 e. The molecule has 2 aromatic rings. The maximum absolute atomic E-state index is 12.8. The zero-order valence-corrected chi connectivity index (χ0v) is 10.9. The van der Waals surface area contributed by atoms with Gasteiger partial charge in [0.2, 0.25) is 0 Å². The molecular weight excluding hydrogens is 305 g/mol. The van der Waals surface area contributed by atoms with Crippen LogP contribution in [0.2, 0.25) is 0 Å². The van der Waals surface area contributed by atoms with Crippen molar-refractivity contribution >= 4 is 11.8 Å². The summed E-state index contributed by atoms with van der Waals surface area (Å²) < 4.78 is 43.0. The molecule has 1 aromatic heterocycles. The second-order valence-electron chi connectivity index (χ2n) is 4.23. The van der Waals surface area contributed by atoms with E-state index in [0.717, 1.165) is 18.2 Å². The Morgan fingerprint density at radius 1 is 1.23 bits per heavy atom. The molecule has 0 aliphatic carbocycles. The van der Waals surface area contributed by atoms with E-state index in [1.54, 1.807) is 0 Å². The van der Waals surface area contributed by atoms with Gasteiger partial charge in [0.15, 0.2) is 5.76 Å². The molecule has 22 heavy (non-hydrogen) atoms. The summed E-state index contributed by atoms with van der Waals surface area (Å²) in [6.45, 7) is -0.386. The minimum Gasteiger partial charge on any atom is -0.395 e. The molecule has 0 unspecified atom stereocenters. The standard InChI is InChI=1S/C13H9F3N2O4/c14-13(15,16)9-4-2-1-3-8(9)7-17-12(19)10-5-6-11(22-10)18(20)21/h1-6H,7H2,(H,17,19). The Hall–Kier alpha value is -2.84. The summed E-state index contributed by atoms with van der Waals surface area (Å²) in [7, 11) is 0. The third-order valence-corrected chi connectivity index (χ3v) is 2.76. The van der Waals surface area contributed by atoms with E-state index in [1.165, 1.54) is 18.2 Å². The summed E-state index contributed by atoms with van der Waals surface area (Å²) in [5, 5.41) is 12.7. The van der Waals surface area contributed by atoms with Gasteiger partial charge in [-0.2, -0.15) is 13.2 Å². The first-order chi connectivity index (χ1) is 10.3. The SMILES string of the molecule is O=C(NCc1ccccc1C(F)(F)F)c1ccc([N+](=O)[O-])o1. The Morgan fingerprint density at radius 2 is 1.91 bits per heavy atom. The van der Waals surface area contributed by atoms with Gasteiger partial charge in [0.25, 0.3) is 5.91 Å². The van der Waals surface area contributed by atoms with E-state index in [0.29, 0.717) is 0 Å². The molecule has 0 radical (unpaired) electrons. The molecule has 1 heterocycles. The number of halogens is 3. The van der Waals surface area contributed by atoms with E-state index in [9.17, 15) is 28.1 Å². The number of amides is 1. The van der Waals surface area contributed by atoms with Crippen LogP contribution in [0.4, 0.5) is 19.1 Å². The van der Waals surface area contributed by atoms with Crippen LogP contribution < -0.4 is 5.32 Å². The van der Waals surface area contributed by atoms with Crippen LogP contribution in [0.15, 0.2) is 40.8 Å². The van der Waals surface area contributed by atoms with Gasteiger partial charge in [-0.25, -0.2) is 0 Å². The fourth-order valence-electron chi connectivity index (χ4n) is 1.76. The number of nitro groups is 1. The van der Waals surface area contributed by atoms with E-state index in [-0.39, 0.29) is 17.9 Å². The third kappa shape index (κ3) is 3.43. The zero-order chi connectivity index (χ0) is 16.3. The first-order valence-electron chi connectivity index (χ1n) is 5.96. The molecule has 0 aliphatic rings. The van der Waals surface area contributed by atoms with Crippen molar-refractivity contribution in [1.29, 1.82) is 0 Å².